The molecule has 2 aromatic heterocycles. The predicted molar refractivity (Wildman–Crippen MR) is 136 cm³/mol. The minimum Gasteiger partial charge on any atom is -0.378 e. The van der Waals surface area contributed by atoms with E-state index in [1.165, 1.54) is 16.8 Å². The Bertz CT molecular complexity index is 1180. The summed E-state index contributed by atoms with van der Waals surface area (Å²) < 4.78 is 2.10. The molecule has 170 valence electrons. The van der Waals surface area contributed by atoms with Gasteiger partial charge in [-0.05, 0) is 60.6 Å². The number of hydrogen-bond acceptors (Lipinski definition) is 6. The topological polar surface area (TPSA) is 50.1 Å². The Balaban J connectivity index is 1.54. The van der Waals surface area contributed by atoms with Crippen LogP contribution in [0.2, 0.25) is 5.02 Å². The van der Waals surface area contributed by atoms with Crippen molar-refractivity contribution in [2.75, 3.05) is 26.0 Å². The van der Waals surface area contributed by atoms with Gasteiger partial charge in [-0.1, -0.05) is 41.6 Å². The first-order valence-electron chi connectivity index (χ1n) is 10.7. The van der Waals surface area contributed by atoms with Crippen molar-refractivity contribution in [3.8, 4) is 5.69 Å². The van der Waals surface area contributed by atoms with E-state index in [0.29, 0.717) is 11.6 Å². The molecule has 0 aliphatic carbocycles. The van der Waals surface area contributed by atoms with E-state index in [-0.39, 0.29) is 0 Å². The minimum absolute atomic E-state index is 0.658. The average Bonchev–Trinajstić information content (AvgIpc) is 3.21. The van der Waals surface area contributed by atoms with Gasteiger partial charge in [-0.3, -0.25) is 14.5 Å². The highest BCUT2D eigenvalue weighted by Crippen LogP contribution is 2.27. The van der Waals surface area contributed by atoms with Gasteiger partial charge in [0.05, 0.1) is 12.2 Å². The highest BCUT2D eigenvalue weighted by atomic mass is 35.5. The van der Waals surface area contributed by atoms with Crippen LogP contribution in [0.4, 0.5) is 5.69 Å². The lowest BCUT2D eigenvalue weighted by Gasteiger charge is -2.18. The molecule has 2 aromatic carbocycles. The number of aromatic nitrogens is 4. The quantitative estimate of drug-likeness (QED) is 0.304. The maximum absolute atomic E-state index is 6.31. The highest BCUT2D eigenvalue weighted by Gasteiger charge is 2.17. The Morgan fingerprint density at radius 3 is 2.33 bits per heavy atom. The molecule has 0 atom stereocenters. The van der Waals surface area contributed by atoms with Gasteiger partial charge in [-0.15, -0.1) is 10.2 Å². The van der Waals surface area contributed by atoms with E-state index in [9.17, 15) is 0 Å². The van der Waals surface area contributed by atoms with E-state index in [2.05, 4.69) is 60.9 Å². The fraction of sp³-hybridized carbons (Fsp3) is 0.240. The Labute approximate surface area is 204 Å². The molecule has 0 unspecified atom stereocenters. The summed E-state index contributed by atoms with van der Waals surface area (Å²) in [5, 5.41) is 10.6. The smallest absolute Gasteiger partial charge is 0.196 e. The summed E-state index contributed by atoms with van der Waals surface area (Å²) in [5.74, 6) is 1.66. The summed E-state index contributed by atoms with van der Waals surface area (Å²) in [4.78, 5) is 8.44. The molecule has 4 aromatic rings. The normalized spacial score (nSPS) is 11.2. The van der Waals surface area contributed by atoms with Crippen LogP contribution in [0, 0.1) is 0 Å². The molecule has 0 amide bonds. The van der Waals surface area contributed by atoms with Gasteiger partial charge in [0, 0.05) is 49.5 Å². The van der Waals surface area contributed by atoms with Crippen molar-refractivity contribution < 1.29 is 0 Å². The standard InChI is InChI=1S/C25H27ClN6S/c1-30(2)22-9-7-19(8-10-22)16-31(3)17-24-28-29-25(33-18-20-11-13-27-14-12-20)32(24)23-6-4-5-21(26)15-23/h4-15H,16-18H2,1-3H3. The second kappa shape index (κ2) is 10.8. The second-order valence-corrected chi connectivity index (χ2v) is 9.47. The van der Waals surface area contributed by atoms with Crippen LogP contribution in [0.5, 0.6) is 0 Å². The van der Waals surface area contributed by atoms with E-state index in [0.717, 1.165) is 29.0 Å². The molecular weight excluding hydrogens is 452 g/mol. The largest absolute Gasteiger partial charge is 0.378 e. The van der Waals surface area contributed by atoms with Crippen LogP contribution in [-0.4, -0.2) is 45.8 Å². The maximum Gasteiger partial charge on any atom is 0.196 e. The van der Waals surface area contributed by atoms with Gasteiger partial charge >= 0.3 is 0 Å². The van der Waals surface area contributed by atoms with E-state index >= 15 is 0 Å². The molecule has 0 fully saturated rings. The van der Waals surface area contributed by atoms with Gasteiger partial charge in [-0.25, -0.2) is 0 Å². The summed E-state index contributed by atoms with van der Waals surface area (Å²) in [6.45, 7) is 1.47. The van der Waals surface area contributed by atoms with Crippen molar-refractivity contribution in [1.29, 1.82) is 0 Å². The third kappa shape index (κ3) is 6.13. The second-order valence-electron chi connectivity index (χ2n) is 8.09. The third-order valence-electron chi connectivity index (χ3n) is 5.20. The van der Waals surface area contributed by atoms with Gasteiger partial charge in [0.2, 0.25) is 0 Å². The fourth-order valence-corrected chi connectivity index (χ4v) is 4.62. The number of pyridine rings is 1. The molecule has 0 aliphatic rings. The van der Waals surface area contributed by atoms with E-state index in [4.69, 9.17) is 11.6 Å². The molecule has 0 N–H and O–H groups in total. The number of anilines is 1. The van der Waals surface area contributed by atoms with Crippen LogP contribution in [0.3, 0.4) is 0 Å². The molecule has 0 spiro atoms. The molecule has 33 heavy (non-hydrogen) atoms. The van der Waals surface area contributed by atoms with Crippen molar-refractivity contribution >= 4 is 29.1 Å². The number of thioether (sulfide) groups is 1. The Morgan fingerprint density at radius 1 is 0.879 bits per heavy atom. The first-order chi connectivity index (χ1) is 16.0. The molecule has 0 saturated carbocycles. The van der Waals surface area contributed by atoms with Crippen LogP contribution in [0.1, 0.15) is 17.0 Å². The van der Waals surface area contributed by atoms with Crippen molar-refractivity contribution in [3.05, 3.63) is 95.0 Å². The van der Waals surface area contributed by atoms with E-state index in [1.54, 1.807) is 11.8 Å². The number of benzene rings is 2. The summed E-state index contributed by atoms with van der Waals surface area (Å²) in [6.07, 6.45) is 3.62. The first-order valence-corrected chi connectivity index (χ1v) is 12.0. The Morgan fingerprint density at radius 2 is 1.64 bits per heavy atom. The molecule has 0 aliphatic heterocycles. The van der Waals surface area contributed by atoms with Gasteiger partial charge < -0.3 is 4.90 Å². The van der Waals surface area contributed by atoms with Crippen LogP contribution in [-0.2, 0) is 18.8 Å². The molecule has 0 radical (unpaired) electrons. The Hall–Kier alpha value is -2.87. The molecule has 2 heterocycles. The third-order valence-corrected chi connectivity index (χ3v) is 6.44. The number of nitrogens with zero attached hydrogens (tertiary/aromatic N) is 6. The number of rotatable bonds is 9. The van der Waals surface area contributed by atoms with E-state index < -0.39 is 0 Å². The monoisotopic (exact) mass is 478 g/mol. The summed E-state index contributed by atoms with van der Waals surface area (Å²) in [6, 6.07) is 20.5. The predicted octanol–water partition coefficient (Wildman–Crippen LogP) is 5.31. The van der Waals surface area contributed by atoms with Crippen molar-refractivity contribution in [2.45, 2.75) is 24.0 Å². The SMILES string of the molecule is CN(Cc1ccc(N(C)C)cc1)Cc1nnc(SCc2ccncc2)n1-c1cccc(Cl)c1. The molecule has 8 heteroatoms. The molecule has 6 nitrogen and oxygen atoms in total. The van der Waals surface area contributed by atoms with Crippen LogP contribution in [0.15, 0.2) is 78.2 Å². The molecular formula is C25H27ClN6S. The minimum atomic E-state index is 0.658. The van der Waals surface area contributed by atoms with Crippen molar-refractivity contribution in [3.63, 3.8) is 0 Å². The molecule has 0 bridgehead atoms. The lowest BCUT2D eigenvalue weighted by Crippen LogP contribution is -2.20. The number of halogens is 1. The lowest BCUT2D eigenvalue weighted by atomic mass is 10.2. The molecule has 0 saturated heterocycles. The van der Waals surface area contributed by atoms with Gasteiger partial charge in [-0.2, -0.15) is 0 Å². The molecule has 4 rings (SSSR count). The zero-order valence-electron chi connectivity index (χ0n) is 19.0. The van der Waals surface area contributed by atoms with E-state index in [1.807, 2.05) is 62.9 Å². The summed E-state index contributed by atoms with van der Waals surface area (Å²) in [5.41, 5.74) is 4.60. The van der Waals surface area contributed by atoms with Gasteiger partial charge in [0.25, 0.3) is 0 Å². The van der Waals surface area contributed by atoms with Crippen molar-refractivity contribution in [1.82, 2.24) is 24.6 Å². The Kier molecular flexibility index (Phi) is 7.65. The lowest BCUT2D eigenvalue weighted by molar-refractivity contribution is 0.308. The first kappa shape index (κ1) is 23.3. The fourth-order valence-electron chi connectivity index (χ4n) is 3.51. The van der Waals surface area contributed by atoms with Gasteiger partial charge in [0.1, 0.15) is 0 Å². The number of hydrogen-bond donors (Lipinski definition) is 0. The van der Waals surface area contributed by atoms with Crippen LogP contribution >= 0.6 is 23.4 Å². The van der Waals surface area contributed by atoms with Crippen LogP contribution < -0.4 is 4.90 Å². The van der Waals surface area contributed by atoms with Gasteiger partial charge in [0.15, 0.2) is 11.0 Å². The van der Waals surface area contributed by atoms with Crippen LogP contribution in [0.25, 0.3) is 5.69 Å². The summed E-state index contributed by atoms with van der Waals surface area (Å²) >= 11 is 7.96. The highest BCUT2D eigenvalue weighted by molar-refractivity contribution is 7.98. The maximum atomic E-state index is 6.31. The zero-order valence-corrected chi connectivity index (χ0v) is 20.6. The zero-order chi connectivity index (χ0) is 23.2. The van der Waals surface area contributed by atoms with Crippen molar-refractivity contribution in [2.24, 2.45) is 0 Å². The summed E-state index contributed by atoms with van der Waals surface area (Å²) in [7, 11) is 6.20. The average molecular weight is 479 g/mol.